The van der Waals surface area contributed by atoms with Gasteiger partial charge in [0, 0.05) is 5.92 Å². The molecular formula is C11H19NO2. The lowest BCUT2D eigenvalue weighted by atomic mass is 9.79. The number of hydrogen-bond acceptors (Lipinski definition) is 3. The van der Waals surface area contributed by atoms with Crippen molar-refractivity contribution < 1.29 is 9.53 Å². The van der Waals surface area contributed by atoms with E-state index >= 15 is 0 Å². The predicted molar refractivity (Wildman–Crippen MR) is 55.8 cm³/mol. The van der Waals surface area contributed by atoms with E-state index in [1.807, 2.05) is 27.7 Å². The third kappa shape index (κ3) is 2.64. The van der Waals surface area contributed by atoms with Gasteiger partial charge in [-0.1, -0.05) is 0 Å². The Bertz CT molecular complexity index is 240. The lowest BCUT2D eigenvalue weighted by Crippen LogP contribution is -2.47. The molecule has 3 nitrogen and oxygen atoms in total. The van der Waals surface area contributed by atoms with Crippen LogP contribution in [0, 0.1) is 11.3 Å². The number of carbonyl (C=O) groups is 1. The summed E-state index contributed by atoms with van der Waals surface area (Å²) in [5.74, 6) is -0.124. The SMILES string of the molecule is CC1(C)CC(C(=O)C=N)CC(C)(C)O1. The second-order valence-electron chi connectivity index (χ2n) is 5.27. The summed E-state index contributed by atoms with van der Waals surface area (Å²) in [6.07, 6.45) is 2.36. The van der Waals surface area contributed by atoms with Crippen molar-refractivity contribution in [3.8, 4) is 0 Å². The summed E-state index contributed by atoms with van der Waals surface area (Å²) in [5, 5.41) is 6.99. The second kappa shape index (κ2) is 3.46. The van der Waals surface area contributed by atoms with Gasteiger partial charge in [0.1, 0.15) is 0 Å². The predicted octanol–water partition coefficient (Wildman–Crippen LogP) is 2.19. The van der Waals surface area contributed by atoms with Crippen LogP contribution in [0.2, 0.25) is 0 Å². The molecule has 1 aliphatic rings. The fourth-order valence-electron chi connectivity index (χ4n) is 2.41. The number of hydrogen-bond donors (Lipinski definition) is 1. The molecule has 1 rings (SSSR count). The van der Waals surface area contributed by atoms with E-state index in [-0.39, 0.29) is 22.9 Å². The Labute approximate surface area is 85.3 Å². The number of nitrogens with one attached hydrogen (secondary N) is 1. The van der Waals surface area contributed by atoms with Gasteiger partial charge < -0.3 is 10.1 Å². The first-order valence-electron chi connectivity index (χ1n) is 5.00. The quantitative estimate of drug-likeness (QED) is 0.690. The molecular weight excluding hydrogens is 178 g/mol. The summed E-state index contributed by atoms with van der Waals surface area (Å²) in [6.45, 7) is 7.99. The lowest BCUT2D eigenvalue weighted by molar-refractivity contribution is -0.175. The van der Waals surface area contributed by atoms with Crippen LogP contribution in [0.3, 0.4) is 0 Å². The molecule has 1 heterocycles. The van der Waals surface area contributed by atoms with Crippen molar-refractivity contribution in [1.29, 1.82) is 5.41 Å². The highest BCUT2D eigenvalue weighted by Crippen LogP contribution is 2.38. The number of ether oxygens (including phenoxy) is 1. The van der Waals surface area contributed by atoms with Crippen molar-refractivity contribution in [2.75, 3.05) is 0 Å². The number of Topliss-reactive ketones (excluding diaryl/α,β-unsaturated/α-hetero) is 1. The van der Waals surface area contributed by atoms with Gasteiger partial charge in [0.15, 0.2) is 5.78 Å². The summed E-state index contributed by atoms with van der Waals surface area (Å²) in [5.41, 5.74) is -0.518. The maximum absolute atomic E-state index is 11.4. The van der Waals surface area contributed by atoms with E-state index in [0.717, 1.165) is 6.21 Å². The fourth-order valence-corrected chi connectivity index (χ4v) is 2.41. The standard InChI is InChI=1S/C11H19NO2/c1-10(2)5-8(9(13)7-12)6-11(3,4)14-10/h7-8,12H,5-6H2,1-4H3. The Hall–Kier alpha value is -0.700. The Balaban J connectivity index is 2.81. The Morgan fingerprint density at radius 2 is 1.71 bits per heavy atom. The van der Waals surface area contributed by atoms with Crippen LogP contribution in [0.4, 0.5) is 0 Å². The van der Waals surface area contributed by atoms with E-state index < -0.39 is 0 Å². The smallest absolute Gasteiger partial charge is 0.176 e. The average Bonchev–Trinajstić information content (AvgIpc) is 1.97. The third-order valence-electron chi connectivity index (χ3n) is 2.57. The van der Waals surface area contributed by atoms with Crippen molar-refractivity contribution in [3.63, 3.8) is 0 Å². The van der Waals surface area contributed by atoms with Gasteiger partial charge >= 0.3 is 0 Å². The van der Waals surface area contributed by atoms with Crippen molar-refractivity contribution in [2.45, 2.75) is 51.7 Å². The normalized spacial score (nSPS) is 25.7. The van der Waals surface area contributed by atoms with Gasteiger partial charge in [0.05, 0.1) is 17.4 Å². The largest absolute Gasteiger partial charge is 0.370 e. The molecule has 0 atom stereocenters. The number of rotatable bonds is 2. The first-order chi connectivity index (χ1) is 6.26. The summed E-state index contributed by atoms with van der Waals surface area (Å²) in [7, 11) is 0. The van der Waals surface area contributed by atoms with E-state index in [2.05, 4.69) is 0 Å². The molecule has 0 aliphatic carbocycles. The molecule has 0 unspecified atom stereocenters. The minimum atomic E-state index is -0.259. The van der Waals surface area contributed by atoms with E-state index in [9.17, 15) is 4.79 Å². The van der Waals surface area contributed by atoms with E-state index in [4.69, 9.17) is 10.1 Å². The third-order valence-corrected chi connectivity index (χ3v) is 2.57. The van der Waals surface area contributed by atoms with Crippen LogP contribution in [-0.4, -0.2) is 23.2 Å². The number of ketones is 1. The van der Waals surface area contributed by atoms with Crippen molar-refractivity contribution in [2.24, 2.45) is 5.92 Å². The molecule has 0 spiro atoms. The van der Waals surface area contributed by atoms with Crippen LogP contribution in [0.25, 0.3) is 0 Å². The Morgan fingerprint density at radius 1 is 1.29 bits per heavy atom. The van der Waals surface area contributed by atoms with E-state index in [1.165, 1.54) is 0 Å². The van der Waals surface area contributed by atoms with Crippen LogP contribution in [0.1, 0.15) is 40.5 Å². The summed E-state index contributed by atoms with van der Waals surface area (Å²) >= 11 is 0. The number of carbonyl (C=O) groups excluding carboxylic acids is 1. The van der Waals surface area contributed by atoms with Gasteiger partial charge in [0.2, 0.25) is 0 Å². The minimum Gasteiger partial charge on any atom is -0.370 e. The Morgan fingerprint density at radius 3 is 2.07 bits per heavy atom. The molecule has 3 heteroatoms. The first-order valence-corrected chi connectivity index (χ1v) is 5.00. The molecule has 0 aromatic heterocycles. The fraction of sp³-hybridized carbons (Fsp3) is 0.818. The van der Waals surface area contributed by atoms with Crippen molar-refractivity contribution >= 4 is 12.0 Å². The molecule has 1 saturated heterocycles. The zero-order valence-corrected chi connectivity index (χ0v) is 9.39. The van der Waals surface area contributed by atoms with Crippen molar-refractivity contribution in [3.05, 3.63) is 0 Å². The molecule has 14 heavy (non-hydrogen) atoms. The van der Waals surface area contributed by atoms with E-state index in [0.29, 0.717) is 12.8 Å². The summed E-state index contributed by atoms with van der Waals surface area (Å²) in [4.78, 5) is 11.4. The van der Waals surface area contributed by atoms with Crippen LogP contribution < -0.4 is 0 Å². The first kappa shape index (κ1) is 11.4. The highest BCUT2D eigenvalue weighted by atomic mass is 16.5. The molecule has 0 amide bonds. The lowest BCUT2D eigenvalue weighted by Gasteiger charge is -2.44. The van der Waals surface area contributed by atoms with Gasteiger partial charge in [-0.3, -0.25) is 4.79 Å². The average molecular weight is 197 g/mol. The van der Waals surface area contributed by atoms with Crippen molar-refractivity contribution in [1.82, 2.24) is 0 Å². The van der Waals surface area contributed by atoms with E-state index in [1.54, 1.807) is 0 Å². The van der Waals surface area contributed by atoms with Crippen LogP contribution in [0.15, 0.2) is 0 Å². The summed E-state index contributed by atoms with van der Waals surface area (Å²) < 4.78 is 5.86. The second-order valence-corrected chi connectivity index (χ2v) is 5.27. The highest BCUT2D eigenvalue weighted by molar-refractivity contribution is 6.27. The molecule has 1 N–H and O–H groups in total. The van der Waals surface area contributed by atoms with Crippen LogP contribution >= 0.6 is 0 Å². The zero-order chi connectivity index (χ0) is 11.0. The van der Waals surface area contributed by atoms with Gasteiger partial charge in [-0.05, 0) is 40.5 Å². The van der Waals surface area contributed by atoms with Crippen LogP contribution in [0.5, 0.6) is 0 Å². The highest BCUT2D eigenvalue weighted by Gasteiger charge is 2.41. The van der Waals surface area contributed by atoms with Gasteiger partial charge in [-0.15, -0.1) is 0 Å². The maximum Gasteiger partial charge on any atom is 0.176 e. The topological polar surface area (TPSA) is 50.2 Å². The molecule has 1 fully saturated rings. The molecule has 1 aliphatic heterocycles. The van der Waals surface area contributed by atoms with Gasteiger partial charge in [0.25, 0.3) is 0 Å². The molecule has 0 saturated carbocycles. The molecule has 0 radical (unpaired) electrons. The molecule has 0 aromatic carbocycles. The van der Waals surface area contributed by atoms with Gasteiger partial charge in [-0.2, -0.15) is 0 Å². The summed E-state index contributed by atoms with van der Waals surface area (Å²) in [6, 6.07) is 0. The van der Waals surface area contributed by atoms with Gasteiger partial charge in [-0.25, -0.2) is 0 Å². The van der Waals surface area contributed by atoms with Crippen LogP contribution in [-0.2, 0) is 9.53 Å². The minimum absolute atomic E-state index is 0.0498. The monoisotopic (exact) mass is 197 g/mol. The molecule has 80 valence electrons. The maximum atomic E-state index is 11.4. The zero-order valence-electron chi connectivity index (χ0n) is 9.39. The Kier molecular flexibility index (Phi) is 2.81. The molecule has 0 bridgehead atoms. The molecule has 0 aromatic rings.